The van der Waals surface area contributed by atoms with Crippen LogP contribution >= 0.6 is 0 Å². The smallest absolute Gasteiger partial charge is 0.309 e. The molecule has 0 amide bonds. The minimum atomic E-state index is -0.436. The second-order valence-electron chi connectivity index (χ2n) is 8.02. The van der Waals surface area contributed by atoms with Gasteiger partial charge in [-0.1, -0.05) is 31.9 Å². The first-order chi connectivity index (χ1) is 11.7. The molecular formula is C20H26O5. The number of esters is 2. The van der Waals surface area contributed by atoms with Gasteiger partial charge in [0.25, 0.3) is 0 Å². The Kier molecular flexibility index (Phi) is 4.60. The molecule has 5 atom stereocenters. The van der Waals surface area contributed by atoms with E-state index in [-0.39, 0.29) is 41.4 Å². The Morgan fingerprint density at radius 2 is 2.00 bits per heavy atom. The summed E-state index contributed by atoms with van der Waals surface area (Å²) < 4.78 is 11.5. The third-order valence-electron chi connectivity index (χ3n) is 5.59. The van der Waals surface area contributed by atoms with Crippen LogP contribution in [-0.2, 0) is 23.9 Å². The van der Waals surface area contributed by atoms with Crippen LogP contribution in [-0.4, -0.2) is 29.9 Å². The molecule has 0 saturated carbocycles. The first kappa shape index (κ1) is 17.9. The summed E-state index contributed by atoms with van der Waals surface area (Å²) in [5, 5.41) is 0. The Morgan fingerprint density at radius 1 is 1.32 bits per heavy atom. The van der Waals surface area contributed by atoms with E-state index in [4.69, 9.17) is 9.47 Å². The summed E-state index contributed by atoms with van der Waals surface area (Å²) in [5.41, 5.74) is 2.57. The van der Waals surface area contributed by atoms with Crippen molar-refractivity contribution < 1.29 is 23.9 Å². The quantitative estimate of drug-likeness (QED) is 0.735. The van der Waals surface area contributed by atoms with Crippen LogP contribution in [0.1, 0.15) is 47.5 Å². The highest BCUT2D eigenvalue weighted by atomic mass is 16.6. The van der Waals surface area contributed by atoms with Gasteiger partial charge in [0, 0.05) is 30.3 Å². The van der Waals surface area contributed by atoms with E-state index in [1.165, 1.54) is 0 Å². The van der Waals surface area contributed by atoms with Gasteiger partial charge >= 0.3 is 11.9 Å². The minimum absolute atomic E-state index is 0.0106. The summed E-state index contributed by atoms with van der Waals surface area (Å²) in [5.74, 6) is -1.12. The zero-order valence-corrected chi connectivity index (χ0v) is 15.5. The molecule has 1 aliphatic heterocycles. The molecule has 0 radical (unpaired) electrons. The van der Waals surface area contributed by atoms with Crippen molar-refractivity contribution in [2.24, 2.45) is 23.7 Å². The van der Waals surface area contributed by atoms with Crippen molar-refractivity contribution in [3.63, 3.8) is 0 Å². The fourth-order valence-corrected chi connectivity index (χ4v) is 4.46. The molecule has 1 fully saturated rings. The molecule has 25 heavy (non-hydrogen) atoms. The lowest BCUT2D eigenvalue weighted by Gasteiger charge is -2.29. The van der Waals surface area contributed by atoms with Gasteiger partial charge in [0.1, 0.15) is 12.2 Å². The maximum atomic E-state index is 12.4. The molecule has 1 saturated heterocycles. The summed E-state index contributed by atoms with van der Waals surface area (Å²) in [6.45, 7) is 9.58. The fraction of sp³-hybridized carbons (Fsp3) is 0.650. The van der Waals surface area contributed by atoms with E-state index in [1.807, 2.05) is 34.6 Å². The van der Waals surface area contributed by atoms with E-state index in [1.54, 1.807) is 6.08 Å². The van der Waals surface area contributed by atoms with E-state index in [9.17, 15) is 14.4 Å². The molecule has 0 N–H and O–H groups in total. The zero-order valence-electron chi connectivity index (χ0n) is 15.5. The van der Waals surface area contributed by atoms with Gasteiger partial charge in [0.05, 0.1) is 5.92 Å². The number of ketones is 1. The van der Waals surface area contributed by atoms with Gasteiger partial charge in [-0.05, 0) is 25.8 Å². The summed E-state index contributed by atoms with van der Waals surface area (Å²) in [4.78, 5) is 36.9. The number of hydrogen-bond acceptors (Lipinski definition) is 5. The zero-order chi connectivity index (χ0) is 18.5. The van der Waals surface area contributed by atoms with Crippen molar-refractivity contribution in [3.05, 3.63) is 22.8 Å². The number of carbonyl (C=O) groups is 3. The molecule has 0 aromatic rings. The Labute approximate surface area is 148 Å². The van der Waals surface area contributed by atoms with Crippen molar-refractivity contribution in [1.82, 2.24) is 0 Å². The third kappa shape index (κ3) is 3.05. The number of rotatable bonds is 3. The topological polar surface area (TPSA) is 69.7 Å². The third-order valence-corrected chi connectivity index (χ3v) is 5.59. The standard InChI is InChI=1S/C20H26O5/c1-9(2)6-15(22)24-14-8-11(4)16-13(21)7-10(3)17(16)19-18(14)12(5)20(23)25-19/h7,9,12,14,17-19H,6,8H2,1-5H3/t12-,14-,17?,18?,19+/m0/s1. The second kappa shape index (κ2) is 6.43. The lowest BCUT2D eigenvalue weighted by Crippen LogP contribution is -2.38. The molecule has 0 bridgehead atoms. The number of ether oxygens (including phenoxy) is 2. The van der Waals surface area contributed by atoms with Gasteiger partial charge in [-0.3, -0.25) is 14.4 Å². The second-order valence-corrected chi connectivity index (χ2v) is 8.02. The largest absolute Gasteiger partial charge is 0.462 e. The van der Waals surface area contributed by atoms with Gasteiger partial charge < -0.3 is 9.47 Å². The number of allylic oxidation sites excluding steroid dienone is 1. The van der Waals surface area contributed by atoms with Crippen molar-refractivity contribution >= 4 is 17.7 Å². The molecule has 1 heterocycles. The summed E-state index contributed by atoms with van der Waals surface area (Å²) in [6.07, 6.45) is 1.59. The summed E-state index contributed by atoms with van der Waals surface area (Å²) in [6, 6.07) is 0. The Morgan fingerprint density at radius 3 is 2.64 bits per heavy atom. The van der Waals surface area contributed by atoms with Crippen molar-refractivity contribution in [2.75, 3.05) is 0 Å². The Hall–Kier alpha value is -1.91. The van der Waals surface area contributed by atoms with Crippen molar-refractivity contribution in [2.45, 2.75) is 59.7 Å². The number of hydrogen-bond donors (Lipinski definition) is 0. The molecule has 136 valence electrons. The summed E-state index contributed by atoms with van der Waals surface area (Å²) in [7, 11) is 0. The van der Waals surface area contributed by atoms with Crippen molar-refractivity contribution in [3.8, 4) is 0 Å². The SMILES string of the molecule is CC1=CC(=O)C2=C(C)C[C@H](OC(=O)CC(C)C)C3[C@H](OC(=O)[C@H]3C)C12. The van der Waals surface area contributed by atoms with E-state index >= 15 is 0 Å². The average molecular weight is 346 g/mol. The molecule has 5 heteroatoms. The first-order valence-corrected chi connectivity index (χ1v) is 9.02. The van der Waals surface area contributed by atoms with Crippen LogP contribution in [0.4, 0.5) is 0 Å². The van der Waals surface area contributed by atoms with Crippen LogP contribution in [0.2, 0.25) is 0 Å². The Balaban J connectivity index is 1.97. The molecule has 0 aromatic heterocycles. The predicted molar refractivity (Wildman–Crippen MR) is 91.4 cm³/mol. The van der Waals surface area contributed by atoms with Crippen LogP contribution in [0.25, 0.3) is 0 Å². The van der Waals surface area contributed by atoms with Crippen LogP contribution in [0.5, 0.6) is 0 Å². The molecule has 3 rings (SSSR count). The molecular weight excluding hydrogens is 320 g/mol. The predicted octanol–water partition coefficient (Wildman–Crippen LogP) is 2.99. The lowest BCUT2D eigenvalue weighted by atomic mass is 9.79. The molecule has 3 aliphatic rings. The molecule has 0 aromatic carbocycles. The Bertz CT molecular complexity index is 684. The highest BCUT2D eigenvalue weighted by Crippen LogP contribution is 2.48. The van der Waals surface area contributed by atoms with Gasteiger partial charge in [-0.25, -0.2) is 0 Å². The van der Waals surface area contributed by atoms with Gasteiger partial charge in [-0.2, -0.15) is 0 Å². The average Bonchev–Trinajstić information content (AvgIpc) is 2.89. The highest BCUT2D eigenvalue weighted by Gasteiger charge is 2.55. The monoisotopic (exact) mass is 346 g/mol. The lowest BCUT2D eigenvalue weighted by molar-refractivity contribution is -0.154. The minimum Gasteiger partial charge on any atom is -0.462 e. The van der Waals surface area contributed by atoms with Crippen LogP contribution in [0, 0.1) is 23.7 Å². The van der Waals surface area contributed by atoms with E-state index in [0.717, 1.165) is 16.7 Å². The van der Waals surface area contributed by atoms with Gasteiger partial charge in [0.2, 0.25) is 0 Å². The van der Waals surface area contributed by atoms with Crippen LogP contribution in [0.15, 0.2) is 22.8 Å². The molecule has 0 spiro atoms. The molecule has 5 nitrogen and oxygen atoms in total. The van der Waals surface area contributed by atoms with E-state index in [2.05, 4.69) is 0 Å². The number of fused-ring (bicyclic) bond motifs is 3. The van der Waals surface area contributed by atoms with Crippen LogP contribution < -0.4 is 0 Å². The van der Waals surface area contributed by atoms with Gasteiger partial charge in [-0.15, -0.1) is 0 Å². The van der Waals surface area contributed by atoms with E-state index in [0.29, 0.717) is 12.8 Å². The van der Waals surface area contributed by atoms with Crippen molar-refractivity contribution in [1.29, 1.82) is 0 Å². The van der Waals surface area contributed by atoms with Gasteiger partial charge in [0.15, 0.2) is 5.78 Å². The fourth-order valence-electron chi connectivity index (χ4n) is 4.46. The maximum absolute atomic E-state index is 12.4. The maximum Gasteiger partial charge on any atom is 0.309 e. The molecule has 2 unspecified atom stereocenters. The van der Waals surface area contributed by atoms with Crippen LogP contribution in [0.3, 0.4) is 0 Å². The summed E-state index contributed by atoms with van der Waals surface area (Å²) >= 11 is 0. The molecule has 2 aliphatic carbocycles. The normalized spacial score (nSPS) is 34.5. The number of carbonyl (C=O) groups excluding carboxylic acids is 3. The first-order valence-electron chi connectivity index (χ1n) is 9.02. The van der Waals surface area contributed by atoms with E-state index < -0.39 is 12.2 Å². The highest BCUT2D eigenvalue weighted by molar-refractivity contribution is 6.09.